The van der Waals surface area contributed by atoms with E-state index in [2.05, 4.69) is 10.6 Å². The van der Waals surface area contributed by atoms with Crippen LogP contribution in [0.25, 0.3) is 0 Å². The Bertz CT molecular complexity index is 1390. The normalized spacial score (nSPS) is 26.7. The Kier molecular flexibility index (Phi) is 11.5. The zero-order chi connectivity index (χ0) is 36.5. The highest BCUT2D eigenvalue weighted by Gasteiger charge is 2.56. The Morgan fingerprint density at radius 2 is 1.76 bits per heavy atom. The zero-order valence-electron chi connectivity index (χ0n) is 28.9. The summed E-state index contributed by atoms with van der Waals surface area (Å²) in [7, 11) is 0. The van der Waals surface area contributed by atoms with Crippen molar-refractivity contribution in [3.63, 3.8) is 0 Å². The number of amides is 3. The van der Waals surface area contributed by atoms with Crippen LogP contribution in [-0.2, 0) is 23.8 Å². The van der Waals surface area contributed by atoms with Crippen LogP contribution in [0.3, 0.4) is 0 Å². The predicted octanol–water partition coefficient (Wildman–Crippen LogP) is -0.350. The molecular weight excluding hydrogens is 644 g/mol. The highest BCUT2D eigenvalue weighted by molar-refractivity contribution is 5.94. The van der Waals surface area contributed by atoms with E-state index in [0.717, 1.165) is 0 Å². The van der Waals surface area contributed by atoms with E-state index in [1.807, 2.05) is 4.90 Å². The summed E-state index contributed by atoms with van der Waals surface area (Å²) in [6, 6.07) is 1.65. The molecule has 49 heavy (non-hydrogen) atoms. The number of phenolic OH excluding ortho intramolecular Hbond substituents is 1. The maximum atomic E-state index is 12.9. The van der Waals surface area contributed by atoms with Crippen molar-refractivity contribution in [1.82, 2.24) is 20.4 Å². The number of rotatable bonds is 10. The van der Waals surface area contributed by atoms with Gasteiger partial charge in [0.2, 0.25) is 5.91 Å². The average Bonchev–Trinajstić information content (AvgIpc) is 2.99. The van der Waals surface area contributed by atoms with Crippen LogP contribution in [-0.4, -0.2) is 152 Å². The number of carboxylic acids is 1. The number of ether oxygens (including phenoxy) is 3. The molecule has 4 rings (SSSR count). The third-order valence-corrected chi connectivity index (χ3v) is 9.34. The molecule has 3 fully saturated rings. The van der Waals surface area contributed by atoms with Gasteiger partial charge in [-0.1, -0.05) is 0 Å². The van der Waals surface area contributed by atoms with Crippen LogP contribution in [0, 0.1) is 13.8 Å². The molecule has 0 aromatic heterocycles. The van der Waals surface area contributed by atoms with Crippen LogP contribution >= 0.6 is 0 Å². The van der Waals surface area contributed by atoms with Gasteiger partial charge in [-0.3, -0.25) is 14.5 Å². The van der Waals surface area contributed by atoms with Crippen molar-refractivity contribution in [2.24, 2.45) is 0 Å². The number of nitrogens with zero attached hydrogens (tertiary/aromatic N) is 2. The second-order valence-electron chi connectivity index (χ2n) is 14.5. The lowest BCUT2D eigenvalue weighted by Gasteiger charge is -2.57. The van der Waals surface area contributed by atoms with Crippen molar-refractivity contribution >= 4 is 23.9 Å². The number of carboxylic acid groups (broad SMARTS) is 1. The number of hydrogen-bond acceptors (Lipinski definition) is 12. The molecule has 1 spiro atoms. The van der Waals surface area contributed by atoms with E-state index >= 15 is 0 Å². The van der Waals surface area contributed by atoms with Gasteiger partial charge in [-0.05, 0) is 57.9 Å². The third kappa shape index (κ3) is 8.61. The van der Waals surface area contributed by atoms with Gasteiger partial charge < -0.3 is 55.3 Å². The fraction of sp³-hybridized carbons (Fsp3) is 0.697. The van der Waals surface area contributed by atoms with Gasteiger partial charge >= 0.3 is 12.1 Å². The highest BCUT2D eigenvalue weighted by Crippen LogP contribution is 2.38. The number of likely N-dealkylation sites (tertiary alicyclic amines) is 1. The minimum absolute atomic E-state index is 0.0465. The van der Waals surface area contributed by atoms with Crippen LogP contribution < -0.4 is 10.6 Å². The van der Waals surface area contributed by atoms with Crippen molar-refractivity contribution in [1.29, 1.82) is 0 Å². The minimum Gasteiger partial charge on any atom is -0.507 e. The first-order valence-corrected chi connectivity index (χ1v) is 16.4. The molecule has 7 N–H and O–H groups in total. The Morgan fingerprint density at radius 1 is 1.12 bits per heavy atom. The molecule has 16 heteroatoms. The number of nitrogens with one attached hydrogen (secondary N) is 2. The Hall–Kier alpha value is -3.54. The van der Waals surface area contributed by atoms with Gasteiger partial charge in [0.1, 0.15) is 23.6 Å². The van der Waals surface area contributed by atoms with E-state index in [1.165, 1.54) is 19.1 Å². The van der Waals surface area contributed by atoms with Gasteiger partial charge in [0.25, 0.3) is 5.91 Å². The first kappa shape index (κ1) is 38.3. The number of aryl methyl sites for hydroxylation is 2. The monoisotopic (exact) mass is 694 g/mol. The molecule has 0 radical (unpaired) electrons. The summed E-state index contributed by atoms with van der Waals surface area (Å²) in [5, 5.41) is 58.9. The maximum Gasteiger partial charge on any atom is 0.410 e. The molecule has 1 aromatic carbocycles. The number of carbonyl (C=O) groups is 4. The second kappa shape index (κ2) is 14.7. The van der Waals surface area contributed by atoms with Crippen LogP contribution in [0.2, 0.25) is 0 Å². The fourth-order valence-electron chi connectivity index (χ4n) is 6.73. The van der Waals surface area contributed by atoms with Gasteiger partial charge in [-0.15, -0.1) is 0 Å². The lowest BCUT2D eigenvalue weighted by molar-refractivity contribution is -0.232. The first-order valence-electron chi connectivity index (χ1n) is 16.4. The third-order valence-electron chi connectivity index (χ3n) is 9.34. The summed E-state index contributed by atoms with van der Waals surface area (Å²) in [5.41, 5.74) is -2.13. The number of morpholine rings is 1. The minimum atomic E-state index is -2.03. The van der Waals surface area contributed by atoms with Gasteiger partial charge in [0.05, 0.1) is 37.0 Å². The van der Waals surface area contributed by atoms with E-state index in [-0.39, 0.29) is 24.3 Å². The largest absolute Gasteiger partial charge is 0.507 e. The standard InChI is InChI=1S/C33H50N4O12/c1-18-11-21(12-19(2)25(18)41)28(43)34-14-23(40)26(42)27-24(35-20(3)38)22(39)13-33(48-27,29(44)45)7-8-37-9-10-47-17-32(37)15-36(16-32)30(46)49-31(4,5)6/h11-12,22-24,26-27,39-42H,7-10,13-17H2,1-6H3,(H,34,43)(H,35,38)(H,44,45)/t22-,23+,24+,26+,27+,33+/m0/s1. The van der Waals surface area contributed by atoms with Crippen molar-refractivity contribution in [3.05, 3.63) is 28.8 Å². The van der Waals surface area contributed by atoms with Gasteiger partial charge in [-0.25, -0.2) is 9.59 Å². The molecule has 0 unspecified atom stereocenters. The van der Waals surface area contributed by atoms with Crippen LogP contribution in [0.1, 0.15) is 62.0 Å². The molecule has 0 aliphatic carbocycles. The van der Waals surface area contributed by atoms with Crippen molar-refractivity contribution in [3.8, 4) is 5.75 Å². The van der Waals surface area contributed by atoms with Crippen molar-refractivity contribution in [2.45, 2.75) is 102 Å². The number of aliphatic hydroxyl groups is 3. The van der Waals surface area contributed by atoms with Gasteiger partial charge in [0, 0.05) is 58.1 Å². The van der Waals surface area contributed by atoms with Gasteiger partial charge in [-0.2, -0.15) is 0 Å². The topological polar surface area (TPSA) is 228 Å². The molecule has 6 atom stereocenters. The number of aromatic hydroxyl groups is 1. The van der Waals surface area contributed by atoms with E-state index in [4.69, 9.17) is 14.2 Å². The molecule has 1 aromatic rings. The van der Waals surface area contributed by atoms with E-state index in [9.17, 15) is 44.7 Å². The zero-order valence-corrected chi connectivity index (χ0v) is 28.9. The lowest BCUT2D eigenvalue weighted by Crippen LogP contribution is -2.76. The Morgan fingerprint density at radius 3 is 2.33 bits per heavy atom. The predicted molar refractivity (Wildman–Crippen MR) is 173 cm³/mol. The molecule has 3 amide bonds. The molecule has 3 aliphatic rings. The summed E-state index contributed by atoms with van der Waals surface area (Å²) < 4.78 is 17.3. The van der Waals surface area contributed by atoms with Gasteiger partial charge in [0.15, 0.2) is 5.60 Å². The molecular formula is C33H50N4O12. The number of aliphatic hydroxyl groups excluding tert-OH is 3. The van der Waals surface area contributed by atoms with Crippen LogP contribution in [0.5, 0.6) is 5.75 Å². The van der Waals surface area contributed by atoms with Crippen molar-refractivity contribution < 1.29 is 58.9 Å². The smallest absolute Gasteiger partial charge is 0.410 e. The average molecular weight is 695 g/mol. The molecule has 3 aliphatic heterocycles. The molecule has 3 heterocycles. The molecule has 3 saturated heterocycles. The fourth-order valence-corrected chi connectivity index (χ4v) is 6.73. The summed E-state index contributed by atoms with van der Waals surface area (Å²) in [5.74, 6) is -2.54. The van der Waals surface area contributed by atoms with E-state index in [0.29, 0.717) is 44.0 Å². The number of hydrogen-bond donors (Lipinski definition) is 7. The Balaban J connectivity index is 1.48. The Labute approximate surface area is 285 Å². The van der Waals surface area contributed by atoms with Crippen molar-refractivity contribution in [2.75, 3.05) is 45.9 Å². The number of carbonyl (C=O) groups excluding carboxylic acids is 3. The lowest BCUT2D eigenvalue weighted by atomic mass is 9.80. The highest BCUT2D eigenvalue weighted by atomic mass is 16.6. The van der Waals surface area contributed by atoms with Crippen LogP contribution in [0.4, 0.5) is 4.79 Å². The molecule has 0 saturated carbocycles. The molecule has 0 bridgehead atoms. The van der Waals surface area contributed by atoms with E-state index < -0.39 is 84.0 Å². The quantitative estimate of drug-likeness (QED) is 0.166. The molecule has 16 nitrogen and oxygen atoms in total. The van der Waals surface area contributed by atoms with Crippen LogP contribution in [0.15, 0.2) is 12.1 Å². The summed E-state index contributed by atoms with van der Waals surface area (Å²) >= 11 is 0. The molecule has 274 valence electrons. The maximum absolute atomic E-state index is 12.9. The summed E-state index contributed by atoms with van der Waals surface area (Å²) in [6.07, 6.45) is -7.65. The summed E-state index contributed by atoms with van der Waals surface area (Å²) in [6.45, 7) is 11.2. The number of phenols is 1. The number of aliphatic carboxylic acids is 1. The number of benzene rings is 1. The summed E-state index contributed by atoms with van der Waals surface area (Å²) in [4.78, 5) is 54.0. The SMILES string of the molecule is CC(=O)N[C@H]1[C@H]([C@H](O)[C@H](O)CNC(=O)c2cc(C)c(O)c(C)c2)O[C@@](CCN2CCOCC23CN(C(=O)OC(C)(C)C)C3)(C(=O)O)C[C@@H]1O. The second-order valence-corrected chi connectivity index (χ2v) is 14.5. The van der Waals surface area contributed by atoms with E-state index in [1.54, 1.807) is 39.5 Å². The first-order chi connectivity index (χ1) is 22.8.